The minimum atomic E-state index is -1.09. The molecule has 1 aliphatic carbocycles. The Morgan fingerprint density at radius 1 is 1.45 bits per heavy atom. The molecule has 0 spiro atoms. The molecule has 6 nitrogen and oxygen atoms in total. The summed E-state index contributed by atoms with van der Waals surface area (Å²) in [6.45, 7) is 5.12. The van der Waals surface area contributed by atoms with Crippen LogP contribution in [0.4, 0.5) is 5.69 Å². The quantitative estimate of drug-likeness (QED) is 0.755. The number of nitrogens with two attached hydrogens (primary N) is 1. The minimum absolute atomic E-state index is 0.0644. The van der Waals surface area contributed by atoms with Crippen LogP contribution in [0.25, 0.3) is 0 Å². The molecule has 0 radical (unpaired) electrons. The number of carboxylic acids is 1. The van der Waals surface area contributed by atoms with E-state index in [4.69, 9.17) is 5.73 Å². The summed E-state index contributed by atoms with van der Waals surface area (Å²) in [5.41, 5.74) is 6.20. The van der Waals surface area contributed by atoms with Crippen LogP contribution in [0, 0.1) is 19.8 Å². The largest absolute Gasteiger partial charge is 0.480 e. The third kappa shape index (κ3) is 2.45. The van der Waals surface area contributed by atoms with E-state index in [0.717, 1.165) is 12.8 Å². The van der Waals surface area contributed by atoms with E-state index in [9.17, 15) is 14.7 Å². The van der Waals surface area contributed by atoms with Gasteiger partial charge in [0.15, 0.2) is 0 Å². The average molecular weight is 277 g/mol. The van der Waals surface area contributed by atoms with Gasteiger partial charge in [0.1, 0.15) is 5.54 Å². The molecule has 1 unspecified atom stereocenters. The number of carbonyl (C=O) groups excluding carboxylic acids is 1. The van der Waals surface area contributed by atoms with Gasteiger partial charge in [0, 0.05) is 5.69 Å². The van der Waals surface area contributed by atoms with Crippen molar-refractivity contribution in [3.05, 3.63) is 23.0 Å². The maximum atomic E-state index is 11.6. The number of anilines is 1. The topological polar surface area (TPSA) is 105 Å². The van der Waals surface area contributed by atoms with Gasteiger partial charge in [-0.25, -0.2) is 4.79 Å². The van der Waals surface area contributed by atoms with Gasteiger partial charge >= 0.3 is 5.97 Å². The maximum absolute atomic E-state index is 11.6. The van der Waals surface area contributed by atoms with E-state index in [0.29, 0.717) is 17.1 Å². The summed E-state index contributed by atoms with van der Waals surface area (Å²) in [6, 6.07) is 1.66. The lowest BCUT2D eigenvalue weighted by Crippen LogP contribution is -2.46. The van der Waals surface area contributed by atoms with Crippen molar-refractivity contribution in [2.24, 2.45) is 11.7 Å². The zero-order chi connectivity index (χ0) is 15.1. The van der Waals surface area contributed by atoms with Crippen LogP contribution in [0.1, 0.15) is 41.5 Å². The van der Waals surface area contributed by atoms with Crippen molar-refractivity contribution < 1.29 is 14.7 Å². The number of hydrogen-bond acceptors (Lipinski definition) is 4. The second-order valence-corrected chi connectivity index (χ2v) is 5.54. The molecule has 0 aromatic carbocycles. The molecule has 1 atom stereocenters. The molecule has 2 rings (SSSR count). The van der Waals surface area contributed by atoms with Gasteiger partial charge in [-0.3, -0.25) is 9.78 Å². The maximum Gasteiger partial charge on any atom is 0.329 e. The SMILES string of the molecule is Cc1cc(NC(C)(C(=O)O)C2CC2)c(C(N)=O)c(C)n1. The Kier molecular flexibility index (Phi) is 3.41. The van der Waals surface area contributed by atoms with E-state index >= 15 is 0 Å². The van der Waals surface area contributed by atoms with Crippen molar-refractivity contribution in [2.75, 3.05) is 5.32 Å². The molecule has 6 heteroatoms. The molecule has 1 amide bonds. The van der Waals surface area contributed by atoms with Crippen LogP contribution in [0.3, 0.4) is 0 Å². The lowest BCUT2D eigenvalue weighted by Gasteiger charge is -2.28. The molecule has 1 aromatic rings. The number of rotatable bonds is 5. The minimum Gasteiger partial charge on any atom is -0.480 e. The Morgan fingerprint density at radius 2 is 2.05 bits per heavy atom. The lowest BCUT2D eigenvalue weighted by molar-refractivity contribution is -0.142. The van der Waals surface area contributed by atoms with Crippen LogP contribution in [0.15, 0.2) is 6.07 Å². The first-order valence-electron chi connectivity index (χ1n) is 6.55. The molecule has 1 aromatic heterocycles. The molecule has 108 valence electrons. The van der Waals surface area contributed by atoms with E-state index in [1.807, 2.05) is 0 Å². The zero-order valence-electron chi connectivity index (χ0n) is 11.9. The van der Waals surface area contributed by atoms with Crippen LogP contribution >= 0.6 is 0 Å². The monoisotopic (exact) mass is 277 g/mol. The molecule has 20 heavy (non-hydrogen) atoms. The molecule has 1 fully saturated rings. The number of aryl methyl sites for hydroxylation is 2. The summed E-state index contributed by atoms with van der Waals surface area (Å²) < 4.78 is 0. The van der Waals surface area contributed by atoms with Crippen molar-refractivity contribution in [1.82, 2.24) is 4.98 Å². The van der Waals surface area contributed by atoms with E-state index in [-0.39, 0.29) is 11.5 Å². The molecule has 4 N–H and O–H groups in total. The predicted octanol–water partition coefficient (Wildman–Crippen LogP) is 1.46. The highest BCUT2D eigenvalue weighted by Crippen LogP contribution is 2.42. The van der Waals surface area contributed by atoms with E-state index in [2.05, 4.69) is 10.3 Å². The summed E-state index contributed by atoms with van der Waals surface area (Å²) in [5, 5.41) is 12.5. The first-order valence-corrected chi connectivity index (χ1v) is 6.55. The van der Waals surface area contributed by atoms with Crippen LogP contribution in [-0.2, 0) is 4.79 Å². The second kappa shape index (κ2) is 4.77. The Hall–Kier alpha value is -2.11. The highest BCUT2D eigenvalue weighted by molar-refractivity contribution is 6.00. The lowest BCUT2D eigenvalue weighted by atomic mass is 9.94. The number of nitrogens with zero attached hydrogens (tertiary/aromatic N) is 1. The van der Waals surface area contributed by atoms with E-state index in [1.165, 1.54) is 0 Å². The Bertz CT molecular complexity index is 581. The number of hydrogen-bond donors (Lipinski definition) is 3. The summed E-state index contributed by atoms with van der Waals surface area (Å²) >= 11 is 0. The molecule has 0 bridgehead atoms. The third-order valence-corrected chi connectivity index (χ3v) is 3.81. The van der Waals surface area contributed by atoms with Crippen molar-refractivity contribution in [1.29, 1.82) is 0 Å². The molecule has 0 saturated heterocycles. The molecule has 1 aliphatic rings. The Balaban J connectivity index is 2.47. The van der Waals surface area contributed by atoms with Crippen LogP contribution in [0.5, 0.6) is 0 Å². The number of carbonyl (C=O) groups is 2. The number of nitrogens with one attached hydrogen (secondary N) is 1. The van der Waals surface area contributed by atoms with Gasteiger partial charge < -0.3 is 16.2 Å². The van der Waals surface area contributed by atoms with Gasteiger partial charge in [0.2, 0.25) is 0 Å². The van der Waals surface area contributed by atoms with Crippen molar-refractivity contribution in [2.45, 2.75) is 39.2 Å². The molecule has 1 saturated carbocycles. The Morgan fingerprint density at radius 3 is 2.50 bits per heavy atom. The van der Waals surface area contributed by atoms with Crippen molar-refractivity contribution in [3.63, 3.8) is 0 Å². The van der Waals surface area contributed by atoms with Gasteiger partial charge in [0.25, 0.3) is 5.91 Å². The molecule has 0 aliphatic heterocycles. The summed E-state index contributed by atoms with van der Waals surface area (Å²) in [6.07, 6.45) is 1.73. The summed E-state index contributed by atoms with van der Waals surface area (Å²) in [5.74, 6) is -1.47. The first-order chi connectivity index (χ1) is 9.25. The summed E-state index contributed by atoms with van der Waals surface area (Å²) in [4.78, 5) is 27.4. The fraction of sp³-hybridized carbons (Fsp3) is 0.500. The first kappa shape index (κ1) is 14.3. The number of pyridine rings is 1. The normalized spacial score (nSPS) is 17.4. The average Bonchev–Trinajstić information content (AvgIpc) is 3.10. The van der Waals surface area contributed by atoms with Crippen LogP contribution < -0.4 is 11.1 Å². The van der Waals surface area contributed by atoms with Gasteiger partial charge in [-0.2, -0.15) is 0 Å². The van der Waals surface area contributed by atoms with Gasteiger partial charge in [-0.15, -0.1) is 0 Å². The van der Waals surface area contributed by atoms with Crippen LogP contribution in [0.2, 0.25) is 0 Å². The van der Waals surface area contributed by atoms with Crippen molar-refractivity contribution in [3.8, 4) is 0 Å². The second-order valence-electron chi connectivity index (χ2n) is 5.54. The van der Waals surface area contributed by atoms with Crippen LogP contribution in [-0.4, -0.2) is 27.5 Å². The number of amides is 1. The predicted molar refractivity (Wildman–Crippen MR) is 74.6 cm³/mol. The van der Waals surface area contributed by atoms with Gasteiger partial charge in [-0.05, 0) is 45.6 Å². The van der Waals surface area contributed by atoms with Gasteiger partial charge in [-0.1, -0.05) is 0 Å². The van der Waals surface area contributed by atoms with Crippen molar-refractivity contribution >= 4 is 17.6 Å². The highest BCUT2D eigenvalue weighted by Gasteiger charge is 2.48. The fourth-order valence-electron chi connectivity index (χ4n) is 2.51. The number of aromatic nitrogens is 1. The van der Waals surface area contributed by atoms with E-state index < -0.39 is 17.4 Å². The standard InChI is InChI=1S/C14H19N3O3/c1-7-6-10(11(12(15)18)8(2)16-7)17-14(3,13(19)20)9-4-5-9/h6,9H,4-5H2,1-3H3,(H2,15,18)(H,16,17)(H,19,20). The zero-order valence-corrected chi connectivity index (χ0v) is 11.9. The summed E-state index contributed by atoms with van der Waals surface area (Å²) in [7, 11) is 0. The molecule has 1 heterocycles. The highest BCUT2D eigenvalue weighted by atomic mass is 16.4. The van der Waals surface area contributed by atoms with E-state index in [1.54, 1.807) is 26.8 Å². The molecular formula is C14H19N3O3. The Labute approximate surface area is 117 Å². The number of carboxylic acid groups (broad SMARTS) is 1. The fourth-order valence-corrected chi connectivity index (χ4v) is 2.51. The molecular weight excluding hydrogens is 258 g/mol. The third-order valence-electron chi connectivity index (χ3n) is 3.81. The van der Waals surface area contributed by atoms with Gasteiger partial charge in [0.05, 0.1) is 16.9 Å². The smallest absolute Gasteiger partial charge is 0.329 e. The number of primary amides is 1. The number of aliphatic carboxylic acids is 1.